The minimum Gasteiger partial charge on any atom is -0.397 e. The van der Waals surface area contributed by atoms with Crippen molar-refractivity contribution in [2.45, 2.75) is 13.5 Å². The lowest BCUT2D eigenvalue weighted by Gasteiger charge is -2.08. The number of aryl methyl sites for hydroxylation is 1. The van der Waals surface area contributed by atoms with Gasteiger partial charge in [0.2, 0.25) is 0 Å². The van der Waals surface area contributed by atoms with Gasteiger partial charge in [0.05, 0.1) is 38.4 Å². The molecule has 3 N–H and O–H groups in total. The summed E-state index contributed by atoms with van der Waals surface area (Å²) in [6.45, 7) is 2.07. The number of nitrogens with two attached hydrogens (primary N) is 1. The molecule has 0 saturated carbocycles. The van der Waals surface area contributed by atoms with Gasteiger partial charge in [0.1, 0.15) is 0 Å². The number of nitrogen functional groups attached to an aromatic ring is 1. The van der Waals surface area contributed by atoms with Gasteiger partial charge in [-0.1, -0.05) is 11.6 Å². The standard InChI is InChI=1S/C12H11ClN4O3S/c1-6-16-7(5-21-6)4-15-12(18)9-2-8(17(19)20)3-10(13)11(9)14/h2-3,5H,4,14H2,1H3,(H,15,18). The first-order chi connectivity index (χ1) is 9.88. The molecule has 0 fully saturated rings. The highest BCUT2D eigenvalue weighted by molar-refractivity contribution is 7.09. The van der Waals surface area contributed by atoms with E-state index in [1.807, 2.05) is 12.3 Å². The van der Waals surface area contributed by atoms with E-state index in [0.29, 0.717) is 5.69 Å². The summed E-state index contributed by atoms with van der Waals surface area (Å²) in [6, 6.07) is 2.21. The maximum absolute atomic E-state index is 12.1. The SMILES string of the molecule is Cc1nc(CNC(=O)c2cc([N+](=O)[O-])cc(Cl)c2N)cs1. The van der Waals surface area contributed by atoms with Crippen molar-refractivity contribution in [2.24, 2.45) is 0 Å². The number of nitrogens with one attached hydrogen (secondary N) is 1. The molecule has 9 heteroatoms. The Balaban J connectivity index is 2.20. The molecule has 0 aliphatic rings. The molecule has 0 bridgehead atoms. The van der Waals surface area contributed by atoms with Gasteiger partial charge in [-0.3, -0.25) is 14.9 Å². The number of thiazole rings is 1. The Morgan fingerprint density at radius 1 is 1.57 bits per heavy atom. The number of aromatic nitrogens is 1. The highest BCUT2D eigenvalue weighted by Gasteiger charge is 2.18. The summed E-state index contributed by atoms with van der Waals surface area (Å²) in [7, 11) is 0. The summed E-state index contributed by atoms with van der Waals surface area (Å²) in [5, 5.41) is 16.1. The average Bonchev–Trinajstić information content (AvgIpc) is 2.84. The van der Waals surface area contributed by atoms with Crippen molar-refractivity contribution in [1.82, 2.24) is 10.3 Å². The van der Waals surface area contributed by atoms with Gasteiger partial charge in [0, 0.05) is 17.5 Å². The van der Waals surface area contributed by atoms with E-state index in [9.17, 15) is 14.9 Å². The van der Waals surface area contributed by atoms with Crippen LogP contribution < -0.4 is 11.1 Å². The summed E-state index contributed by atoms with van der Waals surface area (Å²) in [5.41, 5.74) is 6.10. The zero-order valence-corrected chi connectivity index (χ0v) is 12.5. The first-order valence-corrected chi connectivity index (χ1v) is 7.07. The van der Waals surface area contributed by atoms with Crippen LogP contribution in [0.4, 0.5) is 11.4 Å². The van der Waals surface area contributed by atoms with Crippen LogP contribution in [0.1, 0.15) is 21.1 Å². The molecule has 0 aliphatic carbocycles. The second-order valence-electron chi connectivity index (χ2n) is 4.19. The number of halogens is 1. The molecule has 0 atom stereocenters. The van der Waals surface area contributed by atoms with Crippen LogP contribution in [-0.2, 0) is 6.54 Å². The minimum absolute atomic E-state index is 0.00854. The molecule has 0 aliphatic heterocycles. The number of nitrogens with zero attached hydrogens (tertiary/aromatic N) is 2. The number of nitro benzene ring substituents is 1. The molecule has 2 rings (SSSR count). The van der Waals surface area contributed by atoms with Gasteiger partial charge in [0.25, 0.3) is 11.6 Å². The Kier molecular flexibility index (Phi) is 4.39. The third-order valence-electron chi connectivity index (χ3n) is 2.67. The van der Waals surface area contributed by atoms with Crippen molar-refractivity contribution in [2.75, 3.05) is 5.73 Å². The number of amides is 1. The number of rotatable bonds is 4. The molecule has 0 spiro atoms. The molecule has 1 aromatic carbocycles. The molecule has 0 unspecified atom stereocenters. The third-order valence-corrected chi connectivity index (χ3v) is 3.80. The summed E-state index contributed by atoms with van der Waals surface area (Å²) in [4.78, 5) is 26.4. The molecular formula is C12H11ClN4O3S. The lowest BCUT2D eigenvalue weighted by molar-refractivity contribution is -0.384. The lowest BCUT2D eigenvalue weighted by Crippen LogP contribution is -2.24. The maximum atomic E-state index is 12.1. The van der Waals surface area contributed by atoms with Crippen molar-refractivity contribution in [3.8, 4) is 0 Å². The lowest BCUT2D eigenvalue weighted by atomic mass is 10.1. The number of carbonyl (C=O) groups excluding carboxylic acids is 1. The average molecular weight is 327 g/mol. The highest BCUT2D eigenvalue weighted by Crippen LogP contribution is 2.28. The molecule has 1 aromatic heterocycles. The smallest absolute Gasteiger partial charge is 0.271 e. The van der Waals surface area contributed by atoms with Crippen molar-refractivity contribution in [1.29, 1.82) is 0 Å². The van der Waals surface area contributed by atoms with Gasteiger partial charge >= 0.3 is 0 Å². The van der Waals surface area contributed by atoms with Gasteiger partial charge in [-0.25, -0.2) is 4.98 Å². The van der Waals surface area contributed by atoms with E-state index in [1.54, 1.807) is 0 Å². The number of benzene rings is 1. The Labute approximate surface area is 128 Å². The van der Waals surface area contributed by atoms with E-state index in [0.717, 1.165) is 17.1 Å². The molecule has 0 saturated heterocycles. The molecule has 7 nitrogen and oxygen atoms in total. The van der Waals surface area contributed by atoms with E-state index < -0.39 is 10.8 Å². The van der Waals surface area contributed by atoms with Crippen LogP contribution in [0.2, 0.25) is 5.02 Å². The van der Waals surface area contributed by atoms with E-state index in [1.165, 1.54) is 11.3 Å². The number of hydrogen-bond acceptors (Lipinski definition) is 6. The summed E-state index contributed by atoms with van der Waals surface area (Å²) in [6.07, 6.45) is 0. The third kappa shape index (κ3) is 3.47. The predicted molar refractivity (Wildman–Crippen MR) is 80.5 cm³/mol. The van der Waals surface area contributed by atoms with Crippen LogP contribution >= 0.6 is 22.9 Å². The number of non-ortho nitro benzene ring substituents is 1. The highest BCUT2D eigenvalue weighted by atomic mass is 35.5. The molecule has 1 heterocycles. The van der Waals surface area contributed by atoms with Crippen molar-refractivity contribution < 1.29 is 9.72 Å². The van der Waals surface area contributed by atoms with Crippen LogP contribution in [0.5, 0.6) is 0 Å². The van der Waals surface area contributed by atoms with Gasteiger partial charge < -0.3 is 11.1 Å². The topological polar surface area (TPSA) is 111 Å². The Morgan fingerprint density at radius 3 is 2.86 bits per heavy atom. The Bertz CT molecular complexity index is 717. The molecule has 21 heavy (non-hydrogen) atoms. The molecular weight excluding hydrogens is 316 g/mol. The van der Waals surface area contributed by atoms with Gasteiger partial charge in [0.15, 0.2) is 0 Å². The van der Waals surface area contributed by atoms with Crippen LogP contribution in [-0.4, -0.2) is 15.8 Å². The fraction of sp³-hybridized carbons (Fsp3) is 0.167. The second kappa shape index (κ2) is 6.06. The van der Waals surface area contributed by atoms with Crippen LogP contribution in [0.3, 0.4) is 0 Å². The van der Waals surface area contributed by atoms with Gasteiger partial charge in [-0.2, -0.15) is 0 Å². The first-order valence-electron chi connectivity index (χ1n) is 5.81. The van der Waals surface area contributed by atoms with Crippen LogP contribution in [0.15, 0.2) is 17.5 Å². The van der Waals surface area contributed by atoms with Crippen LogP contribution in [0, 0.1) is 17.0 Å². The molecule has 1 amide bonds. The van der Waals surface area contributed by atoms with Crippen molar-refractivity contribution in [3.05, 3.63) is 48.9 Å². The van der Waals surface area contributed by atoms with E-state index >= 15 is 0 Å². The van der Waals surface area contributed by atoms with Gasteiger partial charge in [-0.15, -0.1) is 11.3 Å². The number of anilines is 1. The van der Waals surface area contributed by atoms with Gasteiger partial charge in [-0.05, 0) is 6.92 Å². The number of nitro groups is 1. The van der Waals surface area contributed by atoms with Crippen LogP contribution in [0.25, 0.3) is 0 Å². The van der Waals surface area contributed by atoms with E-state index in [2.05, 4.69) is 10.3 Å². The van der Waals surface area contributed by atoms with E-state index in [4.69, 9.17) is 17.3 Å². The summed E-state index contributed by atoms with van der Waals surface area (Å²) >= 11 is 7.27. The Hall–Kier alpha value is -2.19. The monoisotopic (exact) mass is 326 g/mol. The van der Waals surface area contributed by atoms with Crippen molar-refractivity contribution >= 4 is 40.2 Å². The minimum atomic E-state index is -0.633. The quantitative estimate of drug-likeness (QED) is 0.509. The summed E-state index contributed by atoms with van der Waals surface area (Å²) < 4.78 is 0. The second-order valence-corrected chi connectivity index (χ2v) is 5.66. The van der Waals surface area contributed by atoms with E-state index in [-0.39, 0.29) is 28.5 Å². The molecule has 2 aromatic rings. The zero-order valence-electron chi connectivity index (χ0n) is 10.9. The predicted octanol–water partition coefficient (Wildman–Crippen LogP) is 2.53. The largest absolute Gasteiger partial charge is 0.397 e. The maximum Gasteiger partial charge on any atom is 0.271 e. The Morgan fingerprint density at radius 2 is 2.29 bits per heavy atom. The fourth-order valence-electron chi connectivity index (χ4n) is 1.65. The zero-order chi connectivity index (χ0) is 15.6. The molecule has 0 radical (unpaired) electrons. The number of carbonyl (C=O) groups is 1. The normalized spacial score (nSPS) is 10.4. The fourth-order valence-corrected chi connectivity index (χ4v) is 2.48. The molecule has 110 valence electrons. The first kappa shape index (κ1) is 15.2. The number of hydrogen-bond donors (Lipinski definition) is 2. The summed E-state index contributed by atoms with van der Waals surface area (Å²) in [5.74, 6) is -0.538. The van der Waals surface area contributed by atoms with Crippen molar-refractivity contribution in [3.63, 3.8) is 0 Å².